The molecule has 1 aliphatic heterocycles. The van der Waals surface area contributed by atoms with Crippen LogP contribution in [0.2, 0.25) is 5.02 Å². The number of sulfonamides is 1. The zero-order valence-corrected chi connectivity index (χ0v) is 16.0. The average Bonchev–Trinajstić information content (AvgIpc) is 2.61. The van der Waals surface area contributed by atoms with Crippen LogP contribution in [-0.4, -0.2) is 26.2 Å². The van der Waals surface area contributed by atoms with Crippen LogP contribution in [0, 0.1) is 10.1 Å². The summed E-state index contributed by atoms with van der Waals surface area (Å²) in [6.45, 7) is 0. The van der Waals surface area contributed by atoms with E-state index < -0.39 is 21.0 Å². The zero-order valence-electron chi connectivity index (χ0n) is 13.6. The number of benzene rings is 2. The van der Waals surface area contributed by atoms with Gasteiger partial charge in [-0.1, -0.05) is 11.6 Å². The predicted molar refractivity (Wildman–Crippen MR) is 99.5 cm³/mol. The van der Waals surface area contributed by atoms with E-state index in [1.165, 1.54) is 19.2 Å². The van der Waals surface area contributed by atoms with E-state index in [2.05, 4.69) is 4.72 Å². The van der Waals surface area contributed by atoms with Crippen LogP contribution in [0.5, 0.6) is 5.75 Å². The van der Waals surface area contributed by atoms with Crippen LogP contribution in [0.15, 0.2) is 46.2 Å². The van der Waals surface area contributed by atoms with Gasteiger partial charge in [0.15, 0.2) is 0 Å². The van der Waals surface area contributed by atoms with Gasteiger partial charge in [0.25, 0.3) is 5.69 Å². The second-order valence-electron chi connectivity index (χ2n) is 5.59. The summed E-state index contributed by atoms with van der Waals surface area (Å²) in [5.41, 5.74) is 0.468. The minimum atomic E-state index is -4.05. The van der Waals surface area contributed by atoms with Crippen LogP contribution in [0.1, 0.15) is 18.0 Å². The molecule has 2 aromatic rings. The van der Waals surface area contributed by atoms with Gasteiger partial charge in [-0.2, -0.15) is 0 Å². The highest BCUT2D eigenvalue weighted by Crippen LogP contribution is 2.39. The number of non-ortho nitro benzene ring substituents is 1. The molecule has 0 saturated carbocycles. The van der Waals surface area contributed by atoms with Crippen LogP contribution < -0.4 is 9.46 Å². The summed E-state index contributed by atoms with van der Waals surface area (Å²) in [5, 5.41) is 11.5. The topological polar surface area (TPSA) is 98.5 Å². The molecule has 3 rings (SSSR count). The Balaban J connectivity index is 2.00. The molecule has 2 aromatic carbocycles. The van der Waals surface area contributed by atoms with Crippen molar-refractivity contribution in [3.8, 4) is 5.75 Å². The Hall–Kier alpha value is -1.81. The van der Waals surface area contributed by atoms with Gasteiger partial charge in [0.05, 0.1) is 12.0 Å². The van der Waals surface area contributed by atoms with E-state index in [9.17, 15) is 18.5 Å². The minimum absolute atomic E-state index is 0.0413. The summed E-state index contributed by atoms with van der Waals surface area (Å²) in [5.74, 6) is 0.785. The van der Waals surface area contributed by atoms with Gasteiger partial charge < -0.3 is 4.74 Å². The number of thioether (sulfide) groups is 1. The largest absolute Gasteiger partial charge is 0.495 e. The third-order valence-corrected chi connectivity index (χ3v) is 6.81. The van der Waals surface area contributed by atoms with Crippen LogP contribution >= 0.6 is 23.4 Å². The SMILES string of the molecule is COc1ccc([N+](=O)[O-])cc1S(=O)(=O)N[C@@H]1CCSc2ccc(Cl)cc21. The number of nitro benzene ring substituents is 1. The van der Waals surface area contributed by atoms with Crippen molar-refractivity contribution in [1.82, 2.24) is 4.72 Å². The Labute approximate surface area is 159 Å². The molecule has 1 atom stereocenters. The molecule has 0 unspecified atom stereocenters. The average molecular weight is 415 g/mol. The second kappa shape index (κ2) is 7.43. The van der Waals surface area contributed by atoms with E-state index >= 15 is 0 Å². The number of nitrogens with zero attached hydrogens (tertiary/aromatic N) is 1. The molecule has 0 amide bonds. The maximum Gasteiger partial charge on any atom is 0.271 e. The summed E-state index contributed by atoms with van der Waals surface area (Å²) in [6, 6.07) is 8.35. The number of hydrogen-bond acceptors (Lipinski definition) is 6. The van der Waals surface area contributed by atoms with Gasteiger partial charge in [-0.05, 0) is 42.0 Å². The van der Waals surface area contributed by atoms with Gasteiger partial charge in [-0.25, -0.2) is 13.1 Å². The third kappa shape index (κ3) is 3.80. The molecule has 0 spiro atoms. The maximum atomic E-state index is 12.9. The minimum Gasteiger partial charge on any atom is -0.495 e. The van der Waals surface area contributed by atoms with E-state index in [-0.39, 0.29) is 16.3 Å². The van der Waals surface area contributed by atoms with Crippen molar-refractivity contribution < 1.29 is 18.1 Å². The van der Waals surface area contributed by atoms with Crippen molar-refractivity contribution in [3.05, 3.63) is 57.1 Å². The van der Waals surface area contributed by atoms with Crippen LogP contribution in [0.3, 0.4) is 0 Å². The van der Waals surface area contributed by atoms with Crippen molar-refractivity contribution in [2.75, 3.05) is 12.9 Å². The second-order valence-corrected chi connectivity index (χ2v) is 8.84. The van der Waals surface area contributed by atoms with Gasteiger partial charge in [0.2, 0.25) is 10.0 Å². The number of nitrogens with one attached hydrogen (secondary N) is 1. The standard InChI is InChI=1S/C16H15ClN2O5S2/c1-24-14-4-3-11(19(20)21)9-16(14)26(22,23)18-13-6-7-25-15-5-2-10(17)8-12(13)15/h2-5,8-9,13,18H,6-7H2,1H3/t13-/m1/s1. The molecule has 138 valence electrons. The maximum absolute atomic E-state index is 12.9. The molecule has 1 N–H and O–H groups in total. The molecular weight excluding hydrogens is 400 g/mol. The summed E-state index contributed by atoms with van der Waals surface area (Å²) < 4.78 is 33.5. The fourth-order valence-electron chi connectivity index (χ4n) is 2.73. The fourth-order valence-corrected chi connectivity index (χ4v) is 5.45. The first-order valence-corrected chi connectivity index (χ1v) is 10.4. The molecule has 7 nitrogen and oxygen atoms in total. The first-order chi connectivity index (χ1) is 12.3. The van der Waals surface area contributed by atoms with Crippen molar-refractivity contribution >= 4 is 39.1 Å². The van der Waals surface area contributed by atoms with Gasteiger partial charge in [0, 0.05) is 28.1 Å². The summed E-state index contributed by atoms with van der Waals surface area (Å²) in [6.07, 6.45) is 0.578. The zero-order chi connectivity index (χ0) is 18.9. The number of halogens is 1. The molecule has 26 heavy (non-hydrogen) atoms. The quantitative estimate of drug-likeness (QED) is 0.590. The highest BCUT2D eigenvalue weighted by atomic mass is 35.5. The number of ether oxygens (including phenoxy) is 1. The summed E-state index contributed by atoms with van der Waals surface area (Å²) in [4.78, 5) is 11.0. The van der Waals surface area contributed by atoms with E-state index in [0.29, 0.717) is 11.4 Å². The Morgan fingerprint density at radius 2 is 2.08 bits per heavy atom. The van der Waals surface area contributed by atoms with Crippen molar-refractivity contribution in [2.24, 2.45) is 0 Å². The van der Waals surface area contributed by atoms with Gasteiger partial charge >= 0.3 is 0 Å². The molecule has 1 aliphatic rings. The highest BCUT2D eigenvalue weighted by Gasteiger charge is 2.29. The van der Waals surface area contributed by atoms with E-state index in [0.717, 1.165) is 22.3 Å². The number of fused-ring (bicyclic) bond motifs is 1. The molecule has 0 radical (unpaired) electrons. The Kier molecular flexibility index (Phi) is 5.42. The van der Waals surface area contributed by atoms with Crippen LogP contribution in [0.4, 0.5) is 5.69 Å². The predicted octanol–water partition coefficient (Wildman–Crippen LogP) is 3.77. The number of methoxy groups -OCH3 is 1. The first-order valence-electron chi connectivity index (χ1n) is 7.59. The Morgan fingerprint density at radius 1 is 1.31 bits per heavy atom. The number of nitro groups is 1. The molecular formula is C16H15ClN2O5S2. The lowest BCUT2D eigenvalue weighted by Crippen LogP contribution is -2.31. The normalized spacial score (nSPS) is 16.8. The summed E-state index contributed by atoms with van der Waals surface area (Å²) >= 11 is 7.68. The van der Waals surface area contributed by atoms with Gasteiger partial charge in [0.1, 0.15) is 10.6 Å². The number of rotatable bonds is 5. The Bertz CT molecular complexity index is 965. The molecule has 0 aliphatic carbocycles. The molecule has 0 saturated heterocycles. The monoisotopic (exact) mass is 414 g/mol. The summed E-state index contributed by atoms with van der Waals surface area (Å²) in [7, 11) is -2.73. The van der Waals surface area contributed by atoms with Crippen LogP contribution in [0.25, 0.3) is 0 Å². The van der Waals surface area contributed by atoms with Gasteiger partial charge in [-0.3, -0.25) is 10.1 Å². The van der Waals surface area contributed by atoms with Crippen LogP contribution in [-0.2, 0) is 10.0 Å². The fraction of sp³-hybridized carbons (Fsp3) is 0.250. The van der Waals surface area contributed by atoms with Crippen molar-refractivity contribution in [2.45, 2.75) is 22.3 Å². The number of hydrogen-bond donors (Lipinski definition) is 1. The molecule has 0 bridgehead atoms. The van der Waals surface area contributed by atoms with E-state index in [1.54, 1.807) is 23.9 Å². The lowest BCUT2D eigenvalue weighted by molar-refractivity contribution is -0.385. The third-order valence-electron chi connectivity index (χ3n) is 3.96. The smallest absolute Gasteiger partial charge is 0.271 e. The molecule has 1 heterocycles. The lowest BCUT2D eigenvalue weighted by atomic mass is 10.1. The molecule has 10 heteroatoms. The van der Waals surface area contributed by atoms with E-state index in [4.69, 9.17) is 16.3 Å². The highest BCUT2D eigenvalue weighted by molar-refractivity contribution is 7.99. The lowest BCUT2D eigenvalue weighted by Gasteiger charge is -2.26. The Morgan fingerprint density at radius 3 is 2.77 bits per heavy atom. The first kappa shape index (κ1) is 19.0. The van der Waals surface area contributed by atoms with Crippen molar-refractivity contribution in [1.29, 1.82) is 0 Å². The van der Waals surface area contributed by atoms with Gasteiger partial charge in [-0.15, -0.1) is 11.8 Å². The molecule has 0 fully saturated rings. The van der Waals surface area contributed by atoms with E-state index in [1.807, 2.05) is 6.07 Å². The van der Waals surface area contributed by atoms with Crippen molar-refractivity contribution in [3.63, 3.8) is 0 Å². The molecule has 0 aromatic heterocycles.